The lowest BCUT2D eigenvalue weighted by Crippen LogP contribution is -2.54. The first-order chi connectivity index (χ1) is 28.4. The molecule has 0 bridgehead atoms. The Hall–Kier alpha value is -5.78. The highest BCUT2D eigenvalue weighted by molar-refractivity contribution is 7.15. The van der Waals surface area contributed by atoms with Crippen LogP contribution >= 0.6 is 22.9 Å². The van der Waals surface area contributed by atoms with Gasteiger partial charge in [-0.05, 0) is 69.9 Å². The molecule has 6 heterocycles. The second-order valence-electron chi connectivity index (χ2n) is 15.1. The molecule has 8 rings (SSSR count). The van der Waals surface area contributed by atoms with Crippen LogP contribution in [0.25, 0.3) is 5.00 Å². The van der Waals surface area contributed by atoms with E-state index in [4.69, 9.17) is 16.6 Å². The van der Waals surface area contributed by atoms with Gasteiger partial charge in [-0.15, -0.1) is 21.5 Å². The molecule has 59 heavy (non-hydrogen) atoms. The number of rotatable bonds is 11. The van der Waals surface area contributed by atoms with Gasteiger partial charge in [0.25, 0.3) is 11.8 Å². The summed E-state index contributed by atoms with van der Waals surface area (Å²) in [5.74, 6) is -1.08. The number of benzene rings is 2. The Morgan fingerprint density at radius 3 is 2.44 bits per heavy atom. The number of thiophene rings is 1. The number of nitrogens with one attached hydrogen (secondary N) is 3. The number of piperazine rings is 1. The van der Waals surface area contributed by atoms with Crippen molar-refractivity contribution < 1.29 is 28.8 Å². The standard InChI is InChI=1S/C41H43ClN10O6S/c1-22-23(2)59-41-34(22)36(25-10-12-26(42)13-11-25)44-29(37-47-46-24(3)51(37)41)21-33(55)49-17-19-50(20-18-49)48-32(54)9-4-5-16-43-28-8-6-7-27-35(28)40(58)52(39(27)57)30-14-15-31(53)45-38(30)56/h6-8,10-13,29-30,43H,4-5,9,14-21H2,1-3H3,(H,48,54)(H,45,53,56)/t29-,30?/m0/s1. The van der Waals surface area contributed by atoms with E-state index in [9.17, 15) is 28.8 Å². The van der Waals surface area contributed by atoms with Crippen molar-refractivity contribution in [3.63, 3.8) is 0 Å². The molecule has 0 spiro atoms. The van der Waals surface area contributed by atoms with Crippen LogP contribution in [0.15, 0.2) is 47.5 Å². The molecule has 18 heteroatoms. The number of hydrazine groups is 1. The fourth-order valence-electron chi connectivity index (χ4n) is 8.02. The largest absolute Gasteiger partial charge is 0.384 e. The third kappa shape index (κ3) is 7.77. The van der Waals surface area contributed by atoms with Gasteiger partial charge in [0, 0.05) is 72.3 Å². The molecule has 0 aliphatic carbocycles. The van der Waals surface area contributed by atoms with Gasteiger partial charge in [-0.1, -0.05) is 29.8 Å². The van der Waals surface area contributed by atoms with E-state index in [2.05, 4.69) is 40.1 Å². The molecular formula is C41H43ClN10O6S. The fraction of sp³-hybridized carbons (Fsp3) is 0.390. The summed E-state index contributed by atoms with van der Waals surface area (Å²) in [5.41, 5.74) is 7.65. The molecule has 2 aromatic carbocycles. The van der Waals surface area contributed by atoms with Crippen LogP contribution in [0.4, 0.5) is 5.69 Å². The van der Waals surface area contributed by atoms with Crippen LogP contribution < -0.4 is 16.1 Å². The molecule has 2 atom stereocenters. The van der Waals surface area contributed by atoms with Crippen LogP contribution in [0.5, 0.6) is 0 Å². The molecule has 0 radical (unpaired) electrons. The van der Waals surface area contributed by atoms with Gasteiger partial charge >= 0.3 is 0 Å². The Labute approximate surface area is 349 Å². The zero-order valence-corrected chi connectivity index (χ0v) is 34.4. The highest BCUT2D eigenvalue weighted by Crippen LogP contribution is 2.40. The average molecular weight is 839 g/mol. The summed E-state index contributed by atoms with van der Waals surface area (Å²) in [5, 5.41) is 17.8. The summed E-state index contributed by atoms with van der Waals surface area (Å²) < 4.78 is 2.03. The van der Waals surface area contributed by atoms with Gasteiger partial charge in [0.1, 0.15) is 22.9 Å². The molecular weight excluding hydrogens is 796 g/mol. The van der Waals surface area contributed by atoms with Crippen molar-refractivity contribution in [1.82, 2.24) is 40.3 Å². The number of aryl methyl sites for hydroxylation is 2. The summed E-state index contributed by atoms with van der Waals surface area (Å²) >= 11 is 7.91. The Morgan fingerprint density at radius 1 is 0.932 bits per heavy atom. The SMILES string of the molecule is Cc1sc2c(c1C)C(c1ccc(Cl)cc1)=N[C@@H](CC(=O)N1CCN(NC(=O)CCCCNc3cccc4c3C(=O)N(C3CCC(=O)NC3=O)C4=O)CC1)c1nnc(C)n1-2. The summed E-state index contributed by atoms with van der Waals surface area (Å²) in [6.45, 7) is 8.33. The molecule has 6 amide bonds. The summed E-state index contributed by atoms with van der Waals surface area (Å²) in [6, 6.07) is 10.9. The zero-order chi connectivity index (χ0) is 41.5. The van der Waals surface area contributed by atoms with Gasteiger partial charge in [-0.2, -0.15) is 0 Å². The number of carbonyl (C=O) groups excluding carboxylic acids is 6. The third-order valence-corrected chi connectivity index (χ3v) is 12.7. The van der Waals surface area contributed by atoms with Crippen LogP contribution in [0, 0.1) is 20.8 Å². The topological polar surface area (TPSA) is 191 Å². The number of halogens is 1. The number of fused-ring (bicyclic) bond motifs is 4. The van der Waals surface area contributed by atoms with Crippen LogP contribution in [0.3, 0.4) is 0 Å². The normalized spacial score (nSPS) is 19.2. The number of hydrogen-bond donors (Lipinski definition) is 3. The number of hydrogen-bond acceptors (Lipinski definition) is 12. The quantitative estimate of drug-likeness (QED) is 0.147. The summed E-state index contributed by atoms with van der Waals surface area (Å²) in [7, 11) is 0. The van der Waals surface area contributed by atoms with Crippen molar-refractivity contribution in [1.29, 1.82) is 0 Å². The lowest BCUT2D eigenvalue weighted by atomic mass is 9.99. The predicted molar refractivity (Wildman–Crippen MR) is 220 cm³/mol. The van der Waals surface area contributed by atoms with Crippen molar-refractivity contribution in [2.24, 2.45) is 4.99 Å². The van der Waals surface area contributed by atoms with Crippen LogP contribution in [0.2, 0.25) is 5.02 Å². The van der Waals surface area contributed by atoms with E-state index < -0.39 is 35.7 Å². The monoisotopic (exact) mass is 838 g/mol. The Morgan fingerprint density at radius 2 is 1.69 bits per heavy atom. The third-order valence-electron chi connectivity index (χ3n) is 11.3. The zero-order valence-electron chi connectivity index (χ0n) is 32.8. The van der Waals surface area contributed by atoms with Gasteiger partial charge < -0.3 is 10.2 Å². The van der Waals surface area contributed by atoms with E-state index in [1.165, 1.54) is 4.88 Å². The first-order valence-corrected chi connectivity index (χ1v) is 20.9. The van der Waals surface area contributed by atoms with Crippen LogP contribution in [0.1, 0.15) is 98.5 Å². The van der Waals surface area contributed by atoms with Crippen molar-refractivity contribution in [2.45, 2.75) is 71.4 Å². The second kappa shape index (κ2) is 16.5. The highest BCUT2D eigenvalue weighted by Gasteiger charge is 2.45. The van der Waals surface area contributed by atoms with Crippen molar-refractivity contribution >= 4 is 69.8 Å². The minimum atomic E-state index is -1.04. The molecule has 306 valence electrons. The predicted octanol–water partition coefficient (Wildman–Crippen LogP) is 4.05. The Bertz CT molecular complexity index is 2420. The highest BCUT2D eigenvalue weighted by atomic mass is 35.5. The molecule has 2 aromatic heterocycles. The molecule has 4 aliphatic rings. The van der Waals surface area contributed by atoms with E-state index in [-0.39, 0.29) is 48.6 Å². The molecule has 1 unspecified atom stereocenters. The number of anilines is 1. The van der Waals surface area contributed by atoms with E-state index in [0.29, 0.717) is 62.1 Å². The number of aromatic nitrogens is 3. The number of nitrogens with zero attached hydrogens (tertiary/aromatic N) is 7. The van der Waals surface area contributed by atoms with Crippen LogP contribution in [-0.4, -0.2) is 109 Å². The molecule has 4 aromatic rings. The number of unbranched alkanes of at least 4 members (excludes halogenated alkanes) is 1. The average Bonchev–Trinajstić information content (AvgIpc) is 3.79. The molecule has 3 N–H and O–H groups in total. The van der Waals surface area contributed by atoms with Gasteiger partial charge in [0.15, 0.2) is 5.82 Å². The summed E-state index contributed by atoms with van der Waals surface area (Å²) in [6.07, 6.45) is 1.69. The number of carbonyl (C=O) groups is 6. The smallest absolute Gasteiger partial charge is 0.264 e. The first kappa shape index (κ1) is 40.0. The van der Waals surface area contributed by atoms with E-state index in [1.54, 1.807) is 34.4 Å². The molecule has 2 saturated heterocycles. The second-order valence-corrected chi connectivity index (χ2v) is 16.7. The van der Waals surface area contributed by atoms with E-state index in [1.807, 2.05) is 40.8 Å². The molecule has 0 saturated carbocycles. The number of imide groups is 2. The lowest BCUT2D eigenvalue weighted by Gasteiger charge is -2.35. The minimum absolute atomic E-state index is 0.0470. The number of aliphatic imine (C=N–C) groups is 1. The maximum Gasteiger partial charge on any atom is 0.264 e. The maximum absolute atomic E-state index is 13.9. The fourth-order valence-corrected chi connectivity index (χ4v) is 9.36. The van der Waals surface area contributed by atoms with Gasteiger partial charge in [0.2, 0.25) is 23.6 Å². The van der Waals surface area contributed by atoms with Crippen molar-refractivity contribution in [2.75, 3.05) is 38.0 Å². The Kier molecular flexibility index (Phi) is 11.2. The van der Waals surface area contributed by atoms with Crippen molar-refractivity contribution in [3.05, 3.63) is 91.8 Å². The molecule has 2 fully saturated rings. The van der Waals surface area contributed by atoms with Gasteiger partial charge in [0.05, 0.1) is 23.3 Å². The van der Waals surface area contributed by atoms with Gasteiger partial charge in [-0.3, -0.25) is 54.0 Å². The minimum Gasteiger partial charge on any atom is -0.384 e. The Balaban J connectivity index is 0.825. The molecule has 16 nitrogen and oxygen atoms in total. The van der Waals surface area contributed by atoms with Gasteiger partial charge in [-0.25, -0.2) is 5.01 Å². The first-order valence-electron chi connectivity index (χ1n) is 19.7. The van der Waals surface area contributed by atoms with Crippen molar-refractivity contribution in [3.8, 4) is 5.00 Å². The summed E-state index contributed by atoms with van der Waals surface area (Å²) in [4.78, 5) is 86.4. The van der Waals surface area contributed by atoms with E-state index >= 15 is 0 Å². The lowest BCUT2D eigenvalue weighted by molar-refractivity contribution is -0.137. The number of amides is 6. The maximum atomic E-state index is 13.9. The number of piperidine rings is 1. The molecule has 4 aliphatic heterocycles. The van der Waals surface area contributed by atoms with E-state index in [0.717, 1.165) is 38.1 Å². The van der Waals surface area contributed by atoms with Crippen LogP contribution in [-0.2, 0) is 19.2 Å².